The standard InChI is InChI=1S/C17H13ClN2O7/c1-26-16(22)11-4-2-3-5-12(11)17(23)27-9-15(21)19-14-8-10(20(24)25)6-7-13(14)18/h2-8H,9H2,1H3,(H,19,21). The lowest BCUT2D eigenvalue weighted by molar-refractivity contribution is -0.384. The number of nitro groups is 1. The third kappa shape index (κ3) is 5.02. The highest BCUT2D eigenvalue weighted by molar-refractivity contribution is 6.33. The molecule has 140 valence electrons. The molecule has 0 atom stereocenters. The van der Waals surface area contributed by atoms with Gasteiger partial charge >= 0.3 is 11.9 Å². The van der Waals surface area contributed by atoms with Gasteiger partial charge in [-0.2, -0.15) is 0 Å². The molecule has 0 aliphatic heterocycles. The number of anilines is 1. The second kappa shape index (κ2) is 8.77. The maximum absolute atomic E-state index is 12.1. The van der Waals surface area contributed by atoms with E-state index in [1.165, 1.54) is 37.4 Å². The van der Waals surface area contributed by atoms with E-state index in [2.05, 4.69) is 10.1 Å². The van der Waals surface area contributed by atoms with Crippen molar-refractivity contribution in [3.8, 4) is 0 Å². The molecular weight excluding hydrogens is 380 g/mol. The molecule has 2 aromatic carbocycles. The van der Waals surface area contributed by atoms with E-state index < -0.39 is 29.4 Å². The number of hydrogen-bond acceptors (Lipinski definition) is 7. The molecule has 0 saturated carbocycles. The van der Waals surface area contributed by atoms with Gasteiger partial charge in [-0.15, -0.1) is 0 Å². The molecule has 0 heterocycles. The summed E-state index contributed by atoms with van der Waals surface area (Å²) >= 11 is 5.88. The summed E-state index contributed by atoms with van der Waals surface area (Å²) in [6, 6.07) is 9.31. The first-order valence-corrected chi connectivity index (χ1v) is 7.79. The number of halogens is 1. The number of ether oxygens (including phenoxy) is 2. The van der Waals surface area contributed by atoms with Gasteiger partial charge < -0.3 is 14.8 Å². The SMILES string of the molecule is COC(=O)c1ccccc1C(=O)OCC(=O)Nc1cc([N+](=O)[O-])ccc1Cl. The van der Waals surface area contributed by atoms with Gasteiger partial charge in [0.25, 0.3) is 11.6 Å². The number of non-ortho nitro benzene ring substituents is 1. The van der Waals surface area contributed by atoms with Gasteiger partial charge in [0, 0.05) is 12.1 Å². The Hall–Kier alpha value is -3.46. The fourth-order valence-electron chi connectivity index (χ4n) is 2.07. The zero-order valence-electron chi connectivity index (χ0n) is 13.9. The minimum absolute atomic E-state index is 0.00174. The summed E-state index contributed by atoms with van der Waals surface area (Å²) in [5.74, 6) is -2.40. The van der Waals surface area contributed by atoms with Crippen molar-refractivity contribution < 1.29 is 28.8 Å². The fourth-order valence-corrected chi connectivity index (χ4v) is 2.23. The molecule has 1 amide bonds. The molecule has 27 heavy (non-hydrogen) atoms. The van der Waals surface area contributed by atoms with Crippen LogP contribution in [-0.2, 0) is 14.3 Å². The van der Waals surface area contributed by atoms with E-state index >= 15 is 0 Å². The van der Waals surface area contributed by atoms with Crippen LogP contribution >= 0.6 is 11.6 Å². The highest BCUT2D eigenvalue weighted by Gasteiger charge is 2.19. The molecule has 10 heteroatoms. The van der Waals surface area contributed by atoms with Crippen molar-refractivity contribution in [2.24, 2.45) is 0 Å². The van der Waals surface area contributed by atoms with Crippen molar-refractivity contribution in [3.63, 3.8) is 0 Å². The van der Waals surface area contributed by atoms with E-state index in [0.717, 1.165) is 6.07 Å². The topological polar surface area (TPSA) is 125 Å². The van der Waals surface area contributed by atoms with Crippen LogP contribution in [0.4, 0.5) is 11.4 Å². The fraction of sp³-hybridized carbons (Fsp3) is 0.118. The molecule has 2 rings (SSSR count). The van der Waals surface area contributed by atoms with Crippen LogP contribution in [0.15, 0.2) is 42.5 Å². The molecule has 0 aromatic heterocycles. The summed E-state index contributed by atoms with van der Waals surface area (Å²) in [5.41, 5.74) is -0.335. The molecule has 0 aliphatic rings. The van der Waals surface area contributed by atoms with Crippen LogP contribution in [0.5, 0.6) is 0 Å². The van der Waals surface area contributed by atoms with E-state index in [1.807, 2.05) is 0 Å². The average Bonchev–Trinajstić information content (AvgIpc) is 2.67. The molecule has 1 N–H and O–H groups in total. The summed E-state index contributed by atoms with van der Waals surface area (Å²) in [4.78, 5) is 45.9. The smallest absolute Gasteiger partial charge is 0.339 e. The Morgan fingerprint density at radius 3 is 2.33 bits per heavy atom. The second-order valence-electron chi connectivity index (χ2n) is 5.08. The van der Waals surface area contributed by atoms with E-state index in [0.29, 0.717) is 0 Å². The highest BCUT2D eigenvalue weighted by Crippen LogP contribution is 2.26. The van der Waals surface area contributed by atoms with Crippen molar-refractivity contribution in [2.75, 3.05) is 19.0 Å². The molecule has 2 aromatic rings. The lowest BCUT2D eigenvalue weighted by Gasteiger charge is -2.09. The van der Waals surface area contributed by atoms with E-state index in [4.69, 9.17) is 16.3 Å². The predicted octanol–water partition coefficient (Wildman–Crippen LogP) is 2.83. The number of carbonyl (C=O) groups is 3. The Bertz CT molecular complexity index is 914. The van der Waals surface area contributed by atoms with Gasteiger partial charge in [-0.25, -0.2) is 9.59 Å². The van der Waals surface area contributed by atoms with Crippen molar-refractivity contribution in [1.82, 2.24) is 0 Å². The quantitative estimate of drug-likeness (QED) is 0.455. The van der Waals surface area contributed by atoms with E-state index in [9.17, 15) is 24.5 Å². The molecule has 0 saturated heterocycles. The van der Waals surface area contributed by atoms with Gasteiger partial charge in [-0.1, -0.05) is 23.7 Å². The van der Waals surface area contributed by atoms with Crippen LogP contribution in [0.25, 0.3) is 0 Å². The number of rotatable bonds is 6. The molecule has 0 unspecified atom stereocenters. The second-order valence-corrected chi connectivity index (χ2v) is 5.49. The molecule has 9 nitrogen and oxygen atoms in total. The van der Waals surface area contributed by atoms with Gasteiger partial charge in [-0.05, 0) is 18.2 Å². The number of methoxy groups -OCH3 is 1. The van der Waals surface area contributed by atoms with Crippen LogP contribution in [0.2, 0.25) is 5.02 Å². The van der Waals surface area contributed by atoms with Gasteiger partial charge in [0.15, 0.2) is 6.61 Å². The van der Waals surface area contributed by atoms with Crippen LogP contribution in [0.1, 0.15) is 20.7 Å². The number of nitrogens with one attached hydrogen (secondary N) is 1. The zero-order chi connectivity index (χ0) is 20.0. The highest BCUT2D eigenvalue weighted by atomic mass is 35.5. The third-order valence-electron chi connectivity index (χ3n) is 3.32. The van der Waals surface area contributed by atoms with E-state index in [-0.39, 0.29) is 27.5 Å². The third-order valence-corrected chi connectivity index (χ3v) is 3.65. The molecule has 0 spiro atoms. The summed E-state index contributed by atoms with van der Waals surface area (Å²) in [7, 11) is 1.17. The van der Waals surface area contributed by atoms with Crippen LogP contribution < -0.4 is 5.32 Å². The molecular formula is C17H13ClN2O7. The van der Waals surface area contributed by atoms with E-state index in [1.54, 1.807) is 6.07 Å². The van der Waals surface area contributed by atoms with Crippen molar-refractivity contribution in [2.45, 2.75) is 0 Å². The number of benzene rings is 2. The minimum Gasteiger partial charge on any atom is -0.465 e. The van der Waals surface area contributed by atoms with Gasteiger partial charge in [-0.3, -0.25) is 14.9 Å². The number of nitro benzene ring substituents is 1. The first-order chi connectivity index (χ1) is 12.8. The summed E-state index contributed by atoms with van der Waals surface area (Å²) < 4.78 is 9.46. The molecule has 0 radical (unpaired) electrons. The summed E-state index contributed by atoms with van der Waals surface area (Å²) in [6.45, 7) is -0.687. The molecule has 0 bridgehead atoms. The van der Waals surface area contributed by atoms with Gasteiger partial charge in [0.2, 0.25) is 0 Å². The Kier molecular flexibility index (Phi) is 6.45. The monoisotopic (exact) mass is 392 g/mol. The normalized spacial score (nSPS) is 10.0. The minimum atomic E-state index is -0.906. The Morgan fingerprint density at radius 2 is 1.74 bits per heavy atom. The Balaban J connectivity index is 2.04. The maximum atomic E-state index is 12.1. The van der Waals surface area contributed by atoms with Crippen molar-refractivity contribution in [3.05, 3.63) is 68.7 Å². The van der Waals surface area contributed by atoms with Gasteiger partial charge in [0.05, 0.1) is 33.9 Å². The number of nitrogens with zero attached hydrogens (tertiary/aromatic N) is 1. The Morgan fingerprint density at radius 1 is 1.11 bits per heavy atom. The van der Waals surface area contributed by atoms with Crippen LogP contribution in [0, 0.1) is 10.1 Å². The number of esters is 2. The largest absolute Gasteiger partial charge is 0.465 e. The zero-order valence-corrected chi connectivity index (χ0v) is 14.7. The van der Waals surface area contributed by atoms with Crippen molar-refractivity contribution in [1.29, 1.82) is 0 Å². The Labute approximate surface area is 158 Å². The number of hydrogen-bond donors (Lipinski definition) is 1. The number of amides is 1. The first kappa shape index (κ1) is 19.9. The average molecular weight is 393 g/mol. The van der Waals surface area contributed by atoms with Gasteiger partial charge in [0.1, 0.15) is 0 Å². The molecule has 0 aliphatic carbocycles. The predicted molar refractivity (Wildman–Crippen MR) is 94.8 cm³/mol. The summed E-state index contributed by atoms with van der Waals surface area (Å²) in [5, 5.41) is 13.2. The number of carbonyl (C=O) groups excluding carboxylic acids is 3. The van der Waals surface area contributed by atoms with Crippen LogP contribution in [0.3, 0.4) is 0 Å². The summed E-state index contributed by atoms with van der Waals surface area (Å²) in [6.07, 6.45) is 0. The molecule has 0 fully saturated rings. The van der Waals surface area contributed by atoms with Crippen molar-refractivity contribution >= 4 is 40.8 Å². The lowest BCUT2D eigenvalue weighted by Crippen LogP contribution is -2.22. The van der Waals surface area contributed by atoms with Crippen LogP contribution in [-0.4, -0.2) is 36.5 Å². The maximum Gasteiger partial charge on any atom is 0.339 e. The lowest BCUT2D eigenvalue weighted by atomic mass is 10.1. The first-order valence-electron chi connectivity index (χ1n) is 7.41.